The third kappa shape index (κ3) is 5.00. The predicted molar refractivity (Wildman–Crippen MR) is 55.9 cm³/mol. The fourth-order valence-corrected chi connectivity index (χ4v) is 0.642. The molecule has 0 spiro atoms. The summed E-state index contributed by atoms with van der Waals surface area (Å²) in [4.78, 5) is 22.3. The van der Waals surface area contributed by atoms with Crippen molar-refractivity contribution in [2.75, 3.05) is 0 Å². The van der Waals surface area contributed by atoms with Crippen LogP contribution in [0.3, 0.4) is 0 Å². The highest BCUT2D eigenvalue weighted by atomic mass is 16.7. The molecule has 0 fully saturated rings. The van der Waals surface area contributed by atoms with E-state index in [4.69, 9.17) is 9.47 Å². The maximum Gasteiger partial charge on any atom is 0.336 e. The van der Waals surface area contributed by atoms with Gasteiger partial charge in [-0.25, -0.2) is 9.59 Å². The molecule has 0 saturated carbocycles. The minimum absolute atomic E-state index is 0.245. The largest absolute Gasteiger partial charge is 0.420 e. The van der Waals surface area contributed by atoms with Gasteiger partial charge in [-0.1, -0.05) is 13.2 Å². The van der Waals surface area contributed by atoms with Crippen molar-refractivity contribution < 1.29 is 19.1 Å². The van der Waals surface area contributed by atoms with Crippen LogP contribution in [0.2, 0.25) is 0 Å². The molecule has 0 aliphatic carbocycles. The SMILES string of the molecule is C=C(C)C(=O)OC(C)(C)OC(=O)C(=C)C. The van der Waals surface area contributed by atoms with E-state index in [1.165, 1.54) is 27.7 Å². The molecule has 0 radical (unpaired) electrons. The van der Waals surface area contributed by atoms with Gasteiger partial charge < -0.3 is 9.47 Å². The summed E-state index contributed by atoms with van der Waals surface area (Å²) in [5, 5.41) is 0. The number of carbonyl (C=O) groups is 2. The van der Waals surface area contributed by atoms with Gasteiger partial charge in [0.25, 0.3) is 5.79 Å². The van der Waals surface area contributed by atoms with Crippen LogP contribution in [0.5, 0.6) is 0 Å². The van der Waals surface area contributed by atoms with E-state index < -0.39 is 17.7 Å². The first kappa shape index (κ1) is 13.4. The van der Waals surface area contributed by atoms with E-state index in [-0.39, 0.29) is 11.1 Å². The van der Waals surface area contributed by atoms with Crippen molar-refractivity contribution in [3.63, 3.8) is 0 Å². The molecule has 0 aromatic heterocycles. The molecule has 15 heavy (non-hydrogen) atoms. The Bertz CT molecular complexity index is 283. The van der Waals surface area contributed by atoms with E-state index >= 15 is 0 Å². The number of esters is 2. The van der Waals surface area contributed by atoms with Crippen molar-refractivity contribution in [3.8, 4) is 0 Å². The Hall–Kier alpha value is -1.58. The molecule has 84 valence electrons. The van der Waals surface area contributed by atoms with Crippen LogP contribution in [0.15, 0.2) is 24.3 Å². The van der Waals surface area contributed by atoms with Crippen molar-refractivity contribution >= 4 is 11.9 Å². The van der Waals surface area contributed by atoms with Crippen molar-refractivity contribution in [1.29, 1.82) is 0 Å². The molecule has 0 aliphatic rings. The normalized spacial score (nSPS) is 10.4. The summed E-state index contributed by atoms with van der Waals surface area (Å²) in [5.41, 5.74) is 0.490. The van der Waals surface area contributed by atoms with Gasteiger partial charge in [0.2, 0.25) is 0 Å². The smallest absolute Gasteiger partial charge is 0.336 e. The Balaban J connectivity index is 4.43. The molecule has 0 amide bonds. The fraction of sp³-hybridized carbons (Fsp3) is 0.455. The molecule has 0 unspecified atom stereocenters. The first-order valence-corrected chi connectivity index (χ1v) is 4.43. The van der Waals surface area contributed by atoms with Gasteiger partial charge in [0.05, 0.1) is 0 Å². The Morgan fingerprint density at radius 2 is 1.20 bits per heavy atom. The van der Waals surface area contributed by atoms with Crippen LogP contribution in [0, 0.1) is 0 Å². The Kier molecular flexibility index (Phi) is 4.27. The summed E-state index contributed by atoms with van der Waals surface area (Å²) in [6, 6.07) is 0. The molecule has 4 heteroatoms. The van der Waals surface area contributed by atoms with Crippen molar-refractivity contribution in [3.05, 3.63) is 24.3 Å². The van der Waals surface area contributed by atoms with Crippen molar-refractivity contribution in [2.45, 2.75) is 33.5 Å². The second-order valence-electron chi connectivity index (χ2n) is 3.74. The highest BCUT2D eigenvalue weighted by molar-refractivity contribution is 5.88. The lowest BCUT2D eigenvalue weighted by molar-refractivity contribution is -0.210. The molecule has 0 N–H and O–H groups in total. The number of ether oxygens (including phenoxy) is 2. The van der Waals surface area contributed by atoms with Gasteiger partial charge in [0.1, 0.15) is 0 Å². The van der Waals surface area contributed by atoms with Crippen LogP contribution in [-0.4, -0.2) is 17.7 Å². The van der Waals surface area contributed by atoms with Crippen LogP contribution in [0.1, 0.15) is 27.7 Å². The average molecular weight is 212 g/mol. The maximum absolute atomic E-state index is 11.2. The molecule has 0 bridgehead atoms. The highest BCUT2D eigenvalue weighted by Crippen LogP contribution is 2.15. The summed E-state index contributed by atoms with van der Waals surface area (Å²) in [5.74, 6) is -2.52. The minimum atomic E-state index is -1.31. The topological polar surface area (TPSA) is 52.6 Å². The Morgan fingerprint density at radius 3 is 1.40 bits per heavy atom. The van der Waals surface area contributed by atoms with Crippen LogP contribution in [0.25, 0.3) is 0 Å². The first-order chi connectivity index (χ1) is 6.65. The van der Waals surface area contributed by atoms with Crippen molar-refractivity contribution in [2.24, 2.45) is 0 Å². The summed E-state index contributed by atoms with van der Waals surface area (Å²) >= 11 is 0. The molecule has 0 heterocycles. The van der Waals surface area contributed by atoms with Gasteiger partial charge in [0.15, 0.2) is 0 Å². The van der Waals surface area contributed by atoms with Gasteiger partial charge in [-0.05, 0) is 13.8 Å². The quantitative estimate of drug-likeness (QED) is 0.406. The highest BCUT2D eigenvalue weighted by Gasteiger charge is 2.27. The second-order valence-corrected chi connectivity index (χ2v) is 3.74. The second kappa shape index (κ2) is 4.77. The summed E-state index contributed by atoms with van der Waals surface area (Å²) in [6.07, 6.45) is 0. The third-order valence-corrected chi connectivity index (χ3v) is 1.37. The molecule has 0 aromatic rings. The standard InChI is InChI=1S/C11H16O4/c1-7(2)9(12)14-11(5,6)15-10(13)8(3)4/h1,3H2,2,4-6H3. The van der Waals surface area contributed by atoms with Gasteiger partial charge >= 0.3 is 11.9 Å². The van der Waals surface area contributed by atoms with Gasteiger partial charge in [-0.2, -0.15) is 0 Å². The molecule has 0 atom stereocenters. The lowest BCUT2D eigenvalue weighted by Gasteiger charge is -2.24. The Morgan fingerprint density at radius 1 is 0.933 bits per heavy atom. The fourth-order valence-electron chi connectivity index (χ4n) is 0.642. The zero-order valence-electron chi connectivity index (χ0n) is 9.55. The van der Waals surface area contributed by atoms with Crippen LogP contribution in [-0.2, 0) is 19.1 Å². The molecule has 0 saturated heterocycles. The van der Waals surface area contributed by atoms with E-state index in [9.17, 15) is 9.59 Å². The lowest BCUT2D eigenvalue weighted by Crippen LogP contribution is -2.34. The van der Waals surface area contributed by atoms with Gasteiger partial charge in [-0.3, -0.25) is 0 Å². The lowest BCUT2D eigenvalue weighted by atomic mass is 10.3. The third-order valence-electron chi connectivity index (χ3n) is 1.37. The Labute approximate surface area is 89.6 Å². The monoisotopic (exact) mass is 212 g/mol. The van der Waals surface area contributed by atoms with Crippen molar-refractivity contribution in [1.82, 2.24) is 0 Å². The minimum Gasteiger partial charge on any atom is -0.420 e. The summed E-state index contributed by atoms with van der Waals surface area (Å²) < 4.78 is 9.79. The van der Waals surface area contributed by atoms with E-state index in [1.807, 2.05) is 0 Å². The molecule has 0 aromatic carbocycles. The van der Waals surface area contributed by atoms with E-state index in [1.54, 1.807) is 0 Å². The summed E-state index contributed by atoms with van der Waals surface area (Å²) in [6.45, 7) is 12.8. The number of hydrogen-bond donors (Lipinski definition) is 0. The maximum atomic E-state index is 11.2. The zero-order chi connectivity index (χ0) is 12.2. The van der Waals surface area contributed by atoms with Crippen LogP contribution in [0.4, 0.5) is 0 Å². The van der Waals surface area contributed by atoms with Gasteiger partial charge in [0, 0.05) is 25.0 Å². The summed E-state index contributed by atoms with van der Waals surface area (Å²) in [7, 11) is 0. The molecular formula is C11H16O4. The molecule has 4 nitrogen and oxygen atoms in total. The average Bonchev–Trinajstić information content (AvgIpc) is 2.01. The van der Waals surface area contributed by atoms with Crippen LogP contribution >= 0.6 is 0 Å². The molecule has 0 rings (SSSR count). The molecule has 0 aliphatic heterocycles. The first-order valence-electron chi connectivity index (χ1n) is 4.43. The zero-order valence-corrected chi connectivity index (χ0v) is 9.55. The van der Waals surface area contributed by atoms with E-state index in [0.717, 1.165) is 0 Å². The van der Waals surface area contributed by atoms with E-state index in [2.05, 4.69) is 13.2 Å². The number of carbonyl (C=O) groups excluding carboxylic acids is 2. The van der Waals surface area contributed by atoms with Gasteiger partial charge in [-0.15, -0.1) is 0 Å². The molecular weight excluding hydrogens is 196 g/mol. The number of hydrogen-bond acceptors (Lipinski definition) is 4. The van der Waals surface area contributed by atoms with Crippen LogP contribution < -0.4 is 0 Å². The van der Waals surface area contributed by atoms with E-state index in [0.29, 0.717) is 0 Å². The number of rotatable bonds is 4. The predicted octanol–water partition coefficient (Wildman–Crippen LogP) is 1.96.